The van der Waals surface area contributed by atoms with Crippen LogP contribution in [0.15, 0.2) is 66.7 Å². The molecular weight excluding hydrogens is 628 g/mol. The lowest BCUT2D eigenvalue weighted by molar-refractivity contribution is -0.140. The normalized spacial score (nSPS) is 12.5. The second-order valence-electron chi connectivity index (χ2n) is 10.6. The van der Waals surface area contributed by atoms with E-state index < -0.39 is 40.0 Å². The fourth-order valence-corrected chi connectivity index (χ4v) is 5.55. The van der Waals surface area contributed by atoms with Gasteiger partial charge in [-0.2, -0.15) is 0 Å². The summed E-state index contributed by atoms with van der Waals surface area (Å²) in [5.74, 6) is -1.01. The molecule has 0 heterocycles. The van der Waals surface area contributed by atoms with Gasteiger partial charge in [-0.1, -0.05) is 82.8 Å². The SMILES string of the molecule is CC(C)(C)NC(=O)[C@H](Cc1ccccc1)N(Cc1ccc(Cl)c(Cl)c1)C(=O)CN(c1ccc(Cl)c(Cl)c1)S(C)(=O)=O. The lowest BCUT2D eigenvalue weighted by Crippen LogP contribution is -2.56. The number of anilines is 1. The molecule has 1 N–H and O–H groups in total. The van der Waals surface area contributed by atoms with E-state index in [1.807, 2.05) is 51.1 Å². The van der Waals surface area contributed by atoms with Crippen LogP contribution < -0.4 is 9.62 Å². The molecule has 0 saturated heterocycles. The second-order valence-corrected chi connectivity index (χ2v) is 14.1. The van der Waals surface area contributed by atoms with Crippen molar-refractivity contribution in [1.29, 1.82) is 0 Å². The number of amides is 2. The number of carbonyl (C=O) groups is 2. The number of nitrogens with zero attached hydrogens (tertiary/aromatic N) is 2. The molecule has 0 aliphatic rings. The van der Waals surface area contributed by atoms with E-state index in [4.69, 9.17) is 46.4 Å². The van der Waals surface area contributed by atoms with Gasteiger partial charge in [-0.15, -0.1) is 0 Å². The molecule has 2 amide bonds. The van der Waals surface area contributed by atoms with E-state index >= 15 is 0 Å². The highest BCUT2D eigenvalue weighted by molar-refractivity contribution is 7.92. The summed E-state index contributed by atoms with van der Waals surface area (Å²) in [6.07, 6.45) is 1.17. The Morgan fingerprint density at radius 3 is 1.95 bits per heavy atom. The van der Waals surface area contributed by atoms with Crippen LogP contribution >= 0.6 is 46.4 Å². The van der Waals surface area contributed by atoms with E-state index in [2.05, 4.69) is 5.32 Å². The molecule has 220 valence electrons. The maximum Gasteiger partial charge on any atom is 0.244 e. The van der Waals surface area contributed by atoms with Gasteiger partial charge in [-0.05, 0) is 62.2 Å². The van der Waals surface area contributed by atoms with Gasteiger partial charge >= 0.3 is 0 Å². The van der Waals surface area contributed by atoms with Crippen molar-refractivity contribution in [3.05, 3.63) is 97.9 Å². The fraction of sp³-hybridized carbons (Fsp3) is 0.310. The predicted octanol–water partition coefficient (Wildman–Crippen LogP) is 6.62. The van der Waals surface area contributed by atoms with Crippen LogP contribution in [0.3, 0.4) is 0 Å². The van der Waals surface area contributed by atoms with Gasteiger partial charge in [0.1, 0.15) is 12.6 Å². The summed E-state index contributed by atoms with van der Waals surface area (Å²) in [4.78, 5) is 29.2. The average Bonchev–Trinajstić information content (AvgIpc) is 2.87. The molecule has 1 atom stereocenters. The largest absolute Gasteiger partial charge is 0.350 e. The van der Waals surface area contributed by atoms with Crippen molar-refractivity contribution in [3.63, 3.8) is 0 Å². The number of sulfonamides is 1. The molecule has 3 aromatic carbocycles. The Balaban J connectivity index is 2.10. The number of benzene rings is 3. The molecule has 0 aromatic heterocycles. The van der Waals surface area contributed by atoms with Crippen molar-refractivity contribution < 1.29 is 18.0 Å². The Kier molecular flexibility index (Phi) is 11.0. The first-order valence-electron chi connectivity index (χ1n) is 12.6. The van der Waals surface area contributed by atoms with Gasteiger partial charge < -0.3 is 10.2 Å². The van der Waals surface area contributed by atoms with Crippen molar-refractivity contribution in [2.45, 2.75) is 45.3 Å². The maximum atomic E-state index is 14.1. The summed E-state index contributed by atoms with van der Waals surface area (Å²) < 4.78 is 26.7. The monoisotopic (exact) mass is 657 g/mol. The highest BCUT2D eigenvalue weighted by Crippen LogP contribution is 2.29. The fourth-order valence-electron chi connectivity index (χ4n) is 4.10. The molecule has 0 aliphatic heterocycles. The Morgan fingerprint density at radius 1 is 0.829 bits per heavy atom. The number of carbonyl (C=O) groups excluding carboxylic acids is 2. The number of hydrogen-bond donors (Lipinski definition) is 1. The van der Waals surface area contributed by atoms with E-state index in [0.717, 1.165) is 16.1 Å². The molecule has 0 unspecified atom stereocenters. The Bertz CT molecular complexity index is 1510. The molecule has 0 fully saturated rings. The molecule has 0 bridgehead atoms. The highest BCUT2D eigenvalue weighted by Gasteiger charge is 2.34. The summed E-state index contributed by atoms with van der Waals surface area (Å²) in [6.45, 7) is 4.89. The maximum absolute atomic E-state index is 14.1. The van der Waals surface area contributed by atoms with Crippen LogP contribution in [0.1, 0.15) is 31.9 Å². The summed E-state index contributed by atoms with van der Waals surface area (Å²) in [7, 11) is -3.95. The number of rotatable bonds is 10. The standard InChI is InChI=1S/C29H31Cl4N3O4S/c1-29(2,3)34-28(38)26(15-19-8-6-5-7-9-19)35(17-20-10-12-22(30)24(32)14-20)27(37)18-36(41(4,39)40)21-11-13-23(31)25(33)16-21/h5-14,16,26H,15,17-18H2,1-4H3,(H,34,38)/t26-/m0/s1. The smallest absolute Gasteiger partial charge is 0.244 e. The third-order valence-electron chi connectivity index (χ3n) is 5.98. The highest BCUT2D eigenvalue weighted by atomic mass is 35.5. The van der Waals surface area contributed by atoms with E-state index in [1.165, 1.54) is 23.1 Å². The van der Waals surface area contributed by atoms with Crippen LogP contribution in [-0.2, 0) is 32.6 Å². The molecule has 0 radical (unpaired) electrons. The van der Waals surface area contributed by atoms with Gasteiger partial charge in [0.05, 0.1) is 32.0 Å². The second kappa shape index (κ2) is 13.7. The first kappa shape index (κ1) is 33.0. The van der Waals surface area contributed by atoms with Crippen molar-refractivity contribution in [2.24, 2.45) is 0 Å². The lowest BCUT2D eigenvalue weighted by atomic mass is 10.0. The van der Waals surface area contributed by atoms with E-state index in [9.17, 15) is 18.0 Å². The van der Waals surface area contributed by atoms with E-state index in [-0.39, 0.29) is 33.7 Å². The van der Waals surface area contributed by atoms with Crippen LogP contribution in [0.2, 0.25) is 20.1 Å². The molecule has 0 saturated carbocycles. The topological polar surface area (TPSA) is 86.8 Å². The van der Waals surface area contributed by atoms with Crippen molar-refractivity contribution in [1.82, 2.24) is 10.2 Å². The molecule has 41 heavy (non-hydrogen) atoms. The Labute approximate surface area is 261 Å². The summed E-state index contributed by atoms with van der Waals surface area (Å²) >= 11 is 24.6. The summed E-state index contributed by atoms with van der Waals surface area (Å²) in [5, 5.41) is 3.95. The van der Waals surface area contributed by atoms with Crippen LogP contribution in [0.5, 0.6) is 0 Å². The van der Waals surface area contributed by atoms with Crippen LogP contribution in [0, 0.1) is 0 Å². The summed E-state index contributed by atoms with van der Waals surface area (Å²) in [6, 6.07) is 17.4. The van der Waals surface area contributed by atoms with E-state index in [0.29, 0.717) is 10.6 Å². The summed E-state index contributed by atoms with van der Waals surface area (Å²) in [5.41, 5.74) is 0.986. The van der Waals surface area contributed by atoms with Gasteiger partial charge in [0.2, 0.25) is 21.8 Å². The molecule has 0 spiro atoms. The Hall–Kier alpha value is -2.49. The lowest BCUT2D eigenvalue weighted by Gasteiger charge is -2.35. The molecule has 7 nitrogen and oxygen atoms in total. The van der Waals surface area contributed by atoms with Crippen LogP contribution in [-0.4, -0.2) is 49.5 Å². The quantitative estimate of drug-likeness (QED) is 0.265. The number of hydrogen-bond acceptors (Lipinski definition) is 4. The zero-order valence-corrected chi connectivity index (χ0v) is 26.8. The molecule has 3 rings (SSSR count). The first-order valence-corrected chi connectivity index (χ1v) is 15.9. The first-order chi connectivity index (χ1) is 19.0. The zero-order valence-electron chi connectivity index (χ0n) is 23.0. The van der Waals surface area contributed by atoms with Crippen LogP contribution in [0.25, 0.3) is 0 Å². The minimum atomic E-state index is -3.95. The predicted molar refractivity (Wildman–Crippen MR) is 167 cm³/mol. The third kappa shape index (κ3) is 9.51. The van der Waals surface area contributed by atoms with Crippen LogP contribution in [0.4, 0.5) is 5.69 Å². The molecule has 0 aliphatic carbocycles. The molecular formula is C29H31Cl4N3O4S. The number of nitrogens with one attached hydrogen (secondary N) is 1. The van der Waals surface area contributed by atoms with E-state index in [1.54, 1.807) is 18.2 Å². The molecule has 12 heteroatoms. The third-order valence-corrected chi connectivity index (χ3v) is 8.60. The minimum Gasteiger partial charge on any atom is -0.350 e. The van der Waals surface area contributed by atoms with Gasteiger partial charge in [-0.25, -0.2) is 8.42 Å². The molecule has 3 aromatic rings. The van der Waals surface area contributed by atoms with Crippen molar-refractivity contribution in [3.8, 4) is 0 Å². The average molecular weight is 659 g/mol. The zero-order chi connectivity index (χ0) is 30.5. The van der Waals surface area contributed by atoms with Crippen molar-refractivity contribution in [2.75, 3.05) is 17.1 Å². The van der Waals surface area contributed by atoms with Crippen molar-refractivity contribution >= 4 is 73.9 Å². The van der Waals surface area contributed by atoms with Gasteiger partial charge in [0, 0.05) is 18.5 Å². The number of halogens is 4. The van der Waals surface area contributed by atoms with Gasteiger partial charge in [0.25, 0.3) is 0 Å². The Morgan fingerprint density at radius 2 is 1.41 bits per heavy atom. The van der Waals surface area contributed by atoms with Gasteiger partial charge in [-0.3, -0.25) is 13.9 Å². The van der Waals surface area contributed by atoms with Gasteiger partial charge in [0.15, 0.2) is 0 Å². The minimum absolute atomic E-state index is 0.0379.